The van der Waals surface area contributed by atoms with Crippen molar-refractivity contribution in [2.75, 3.05) is 0 Å². The molecule has 1 aromatic heterocycles. The standard InChI is InChI=1S/C7H9N3/c1-5-4-10-7(6(5)2)3-8-9-10/h3H,4H2,1-2H3. The molecule has 1 aliphatic heterocycles. The molecule has 2 heterocycles. The Kier molecular flexibility index (Phi) is 0.952. The zero-order valence-corrected chi connectivity index (χ0v) is 6.13. The molecule has 0 aliphatic carbocycles. The minimum absolute atomic E-state index is 0.918. The van der Waals surface area contributed by atoms with E-state index in [0.717, 1.165) is 12.2 Å². The number of aromatic nitrogens is 3. The van der Waals surface area contributed by atoms with Gasteiger partial charge in [-0.25, -0.2) is 4.68 Å². The predicted octanol–water partition coefficient (Wildman–Crippen LogP) is 1.09. The largest absolute Gasteiger partial charge is 0.241 e. The first kappa shape index (κ1) is 5.65. The molecule has 2 rings (SSSR count). The lowest BCUT2D eigenvalue weighted by Crippen LogP contribution is -1.96. The van der Waals surface area contributed by atoms with Crippen LogP contribution in [0.2, 0.25) is 0 Å². The van der Waals surface area contributed by atoms with Crippen LogP contribution >= 0.6 is 0 Å². The number of allylic oxidation sites excluding steroid dienone is 2. The Hall–Kier alpha value is -1.12. The van der Waals surface area contributed by atoms with Crippen molar-refractivity contribution in [3.63, 3.8) is 0 Å². The molecule has 0 unspecified atom stereocenters. The van der Waals surface area contributed by atoms with Crippen LogP contribution in [-0.4, -0.2) is 15.0 Å². The van der Waals surface area contributed by atoms with Crippen LogP contribution in [-0.2, 0) is 6.54 Å². The highest BCUT2D eigenvalue weighted by atomic mass is 15.4. The third kappa shape index (κ3) is 0.546. The van der Waals surface area contributed by atoms with Gasteiger partial charge in [0.15, 0.2) is 0 Å². The smallest absolute Gasteiger partial charge is 0.0846 e. The van der Waals surface area contributed by atoms with E-state index in [-0.39, 0.29) is 0 Å². The summed E-state index contributed by atoms with van der Waals surface area (Å²) >= 11 is 0. The molecule has 3 nitrogen and oxygen atoms in total. The highest BCUT2D eigenvalue weighted by molar-refractivity contribution is 5.65. The van der Waals surface area contributed by atoms with Gasteiger partial charge < -0.3 is 0 Å². The first-order valence-electron chi connectivity index (χ1n) is 3.34. The van der Waals surface area contributed by atoms with Crippen LogP contribution in [0.25, 0.3) is 5.57 Å². The van der Waals surface area contributed by atoms with Crippen molar-refractivity contribution in [1.82, 2.24) is 15.0 Å². The van der Waals surface area contributed by atoms with E-state index in [1.807, 2.05) is 10.9 Å². The first-order valence-corrected chi connectivity index (χ1v) is 3.34. The molecule has 1 aromatic rings. The lowest BCUT2D eigenvalue weighted by Gasteiger charge is -1.89. The molecule has 10 heavy (non-hydrogen) atoms. The van der Waals surface area contributed by atoms with Gasteiger partial charge in [0, 0.05) is 0 Å². The van der Waals surface area contributed by atoms with Crippen LogP contribution in [0.5, 0.6) is 0 Å². The normalized spacial score (nSPS) is 16.2. The molecule has 3 heteroatoms. The topological polar surface area (TPSA) is 30.7 Å². The zero-order valence-electron chi connectivity index (χ0n) is 6.13. The van der Waals surface area contributed by atoms with Gasteiger partial charge in [-0.1, -0.05) is 5.21 Å². The maximum atomic E-state index is 3.92. The third-order valence-electron chi connectivity index (χ3n) is 2.03. The van der Waals surface area contributed by atoms with Crippen LogP contribution in [0.4, 0.5) is 0 Å². The van der Waals surface area contributed by atoms with Crippen molar-refractivity contribution in [2.24, 2.45) is 0 Å². The van der Waals surface area contributed by atoms with Crippen LogP contribution in [0.1, 0.15) is 19.5 Å². The van der Waals surface area contributed by atoms with E-state index in [9.17, 15) is 0 Å². The molecule has 0 spiro atoms. The second-order valence-electron chi connectivity index (χ2n) is 2.68. The quantitative estimate of drug-likeness (QED) is 0.533. The van der Waals surface area contributed by atoms with Crippen molar-refractivity contribution in [3.05, 3.63) is 17.5 Å². The maximum absolute atomic E-state index is 3.92. The van der Waals surface area contributed by atoms with Crippen LogP contribution < -0.4 is 0 Å². The highest BCUT2D eigenvalue weighted by Crippen LogP contribution is 2.24. The number of hydrogen-bond donors (Lipinski definition) is 0. The molecular formula is C7H9N3. The summed E-state index contributed by atoms with van der Waals surface area (Å²) in [6, 6.07) is 0. The van der Waals surface area contributed by atoms with Crippen molar-refractivity contribution < 1.29 is 0 Å². The Labute approximate surface area is 59.4 Å². The van der Waals surface area contributed by atoms with E-state index in [1.54, 1.807) is 0 Å². The van der Waals surface area contributed by atoms with Crippen molar-refractivity contribution in [1.29, 1.82) is 0 Å². The molecule has 0 amide bonds. The number of nitrogens with zero attached hydrogens (tertiary/aromatic N) is 3. The average molecular weight is 135 g/mol. The zero-order chi connectivity index (χ0) is 7.14. The summed E-state index contributed by atoms with van der Waals surface area (Å²) in [6.45, 7) is 5.16. The molecule has 0 bridgehead atoms. The van der Waals surface area contributed by atoms with Gasteiger partial charge >= 0.3 is 0 Å². The molecule has 1 aliphatic rings. The van der Waals surface area contributed by atoms with E-state index < -0.39 is 0 Å². The van der Waals surface area contributed by atoms with Gasteiger partial charge in [0.1, 0.15) is 0 Å². The fraction of sp³-hybridized carbons (Fsp3) is 0.429. The van der Waals surface area contributed by atoms with Gasteiger partial charge in [0.25, 0.3) is 0 Å². The van der Waals surface area contributed by atoms with Crippen molar-refractivity contribution in [2.45, 2.75) is 20.4 Å². The molecule has 0 N–H and O–H groups in total. The van der Waals surface area contributed by atoms with E-state index in [2.05, 4.69) is 24.2 Å². The summed E-state index contributed by atoms with van der Waals surface area (Å²) in [5.41, 5.74) is 3.88. The molecule has 0 atom stereocenters. The fourth-order valence-electron chi connectivity index (χ4n) is 1.23. The minimum Gasteiger partial charge on any atom is -0.241 e. The van der Waals surface area contributed by atoms with Crippen molar-refractivity contribution in [3.8, 4) is 0 Å². The second kappa shape index (κ2) is 1.68. The summed E-state index contributed by atoms with van der Waals surface area (Å²) in [4.78, 5) is 0. The number of hydrogen-bond acceptors (Lipinski definition) is 2. The van der Waals surface area contributed by atoms with Crippen LogP contribution in [0.3, 0.4) is 0 Å². The Bertz CT molecular complexity index is 296. The first-order chi connectivity index (χ1) is 4.79. The van der Waals surface area contributed by atoms with E-state index in [0.29, 0.717) is 0 Å². The molecule has 0 aromatic carbocycles. The molecule has 0 saturated carbocycles. The molecule has 52 valence electrons. The summed E-state index contributed by atoms with van der Waals surface area (Å²) < 4.78 is 1.92. The Morgan fingerprint density at radius 3 is 3.00 bits per heavy atom. The fourth-order valence-corrected chi connectivity index (χ4v) is 1.23. The third-order valence-corrected chi connectivity index (χ3v) is 2.03. The molecule has 0 saturated heterocycles. The van der Waals surface area contributed by atoms with E-state index in [4.69, 9.17) is 0 Å². The predicted molar refractivity (Wildman–Crippen MR) is 38.3 cm³/mol. The van der Waals surface area contributed by atoms with Gasteiger partial charge in [-0.05, 0) is 25.0 Å². The summed E-state index contributed by atoms with van der Waals surface area (Å²) in [7, 11) is 0. The SMILES string of the molecule is CC1=C(C)c2cnnn2C1. The lowest BCUT2D eigenvalue weighted by molar-refractivity contribution is 0.655. The molecule has 0 radical (unpaired) electrons. The van der Waals surface area contributed by atoms with Gasteiger partial charge in [-0.15, -0.1) is 5.10 Å². The Balaban J connectivity index is 2.60. The summed E-state index contributed by atoms with van der Waals surface area (Å²) in [5, 5.41) is 7.73. The van der Waals surface area contributed by atoms with Gasteiger partial charge in [-0.3, -0.25) is 0 Å². The summed E-state index contributed by atoms with van der Waals surface area (Å²) in [6.07, 6.45) is 1.81. The Morgan fingerprint density at radius 2 is 2.30 bits per heavy atom. The van der Waals surface area contributed by atoms with Crippen LogP contribution in [0.15, 0.2) is 11.8 Å². The lowest BCUT2D eigenvalue weighted by atomic mass is 10.2. The second-order valence-corrected chi connectivity index (χ2v) is 2.68. The monoisotopic (exact) mass is 135 g/mol. The number of fused-ring (bicyclic) bond motifs is 1. The van der Waals surface area contributed by atoms with Gasteiger partial charge in [0.2, 0.25) is 0 Å². The van der Waals surface area contributed by atoms with E-state index in [1.165, 1.54) is 11.1 Å². The minimum atomic E-state index is 0.918. The highest BCUT2D eigenvalue weighted by Gasteiger charge is 2.15. The van der Waals surface area contributed by atoms with E-state index >= 15 is 0 Å². The maximum Gasteiger partial charge on any atom is 0.0846 e. The average Bonchev–Trinajstić information content (AvgIpc) is 2.41. The summed E-state index contributed by atoms with van der Waals surface area (Å²) in [5.74, 6) is 0. The van der Waals surface area contributed by atoms with Crippen LogP contribution in [0, 0.1) is 0 Å². The molecular weight excluding hydrogens is 126 g/mol. The number of rotatable bonds is 0. The Morgan fingerprint density at radius 1 is 1.50 bits per heavy atom. The van der Waals surface area contributed by atoms with Gasteiger partial charge in [-0.2, -0.15) is 0 Å². The van der Waals surface area contributed by atoms with Gasteiger partial charge in [0.05, 0.1) is 18.4 Å². The van der Waals surface area contributed by atoms with Crippen molar-refractivity contribution >= 4 is 5.57 Å². The molecule has 0 fully saturated rings.